The molecule has 2 aromatic rings. The molecule has 1 fully saturated rings. The van der Waals surface area contributed by atoms with Gasteiger partial charge in [0.2, 0.25) is 10.0 Å². The number of benzene rings is 2. The molecule has 0 unspecified atom stereocenters. The third kappa shape index (κ3) is 4.94. The Bertz CT molecular complexity index is 982. The molecule has 0 bridgehead atoms. The predicted molar refractivity (Wildman–Crippen MR) is 105 cm³/mol. The van der Waals surface area contributed by atoms with Gasteiger partial charge in [0, 0.05) is 13.6 Å². The van der Waals surface area contributed by atoms with Crippen LogP contribution in [0.25, 0.3) is 0 Å². The maximum absolute atomic E-state index is 13.1. The molecule has 1 saturated heterocycles. The number of hydrogen-bond acceptors (Lipinski definition) is 5. The fourth-order valence-corrected chi connectivity index (χ4v) is 5.03. The van der Waals surface area contributed by atoms with E-state index in [-0.39, 0.29) is 18.7 Å². The zero-order chi connectivity index (χ0) is 21.9. The molecule has 0 aromatic heterocycles. The van der Waals surface area contributed by atoms with Gasteiger partial charge in [0.15, 0.2) is 0 Å². The molecule has 0 aliphatic carbocycles. The summed E-state index contributed by atoms with van der Waals surface area (Å²) in [6.07, 6.45) is -4.11. The Morgan fingerprint density at radius 1 is 1.20 bits per heavy atom. The highest BCUT2D eigenvalue weighted by atomic mass is 32.2. The molecule has 0 saturated carbocycles. The molecule has 1 N–H and O–H groups in total. The summed E-state index contributed by atoms with van der Waals surface area (Å²) < 4.78 is 72.9. The first-order chi connectivity index (χ1) is 14.1. The van der Waals surface area contributed by atoms with Gasteiger partial charge in [0.1, 0.15) is 11.0 Å². The topological polar surface area (TPSA) is 67.9 Å². The van der Waals surface area contributed by atoms with Crippen LogP contribution in [0.15, 0.2) is 48.5 Å². The van der Waals surface area contributed by atoms with E-state index in [1.165, 1.54) is 31.4 Å². The van der Waals surface area contributed by atoms with E-state index >= 15 is 0 Å². The van der Waals surface area contributed by atoms with Crippen LogP contribution >= 0.6 is 0 Å². The molecular formula is C20H23F3N2O4S. The number of hydrogen-bond donors (Lipinski definition) is 1. The zero-order valence-electron chi connectivity index (χ0n) is 16.5. The number of methoxy groups -OCH3 is 1. The quantitative estimate of drug-likeness (QED) is 0.711. The van der Waals surface area contributed by atoms with Crippen molar-refractivity contribution in [2.45, 2.75) is 23.9 Å². The summed E-state index contributed by atoms with van der Waals surface area (Å²) in [5.74, 6) is 0.655. The van der Waals surface area contributed by atoms with Crippen LogP contribution in [0, 0.1) is 0 Å². The van der Waals surface area contributed by atoms with E-state index in [9.17, 15) is 21.6 Å². The van der Waals surface area contributed by atoms with Gasteiger partial charge in [-0.2, -0.15) is 18.2 Å². The molecule has 2 aromatic carbocycles. The van der Waals surface area contributed by atoms with Crippen LogP contribution < -0.4 is 9.46 Å². The number of halogens is 3. The summed E-state index contributed by atoms with van der Waals surface area (Å²) in [4.78, 5) is 5.36. The zero-order valence-corrected chi connectivity index (χ0v) is 17.3. The van der Waals surface area contributed by atoms with Crippen molar-refractivity contribution in [1.29, 1.82) is 0 Å². The Morgan fingerprint density at radius 2 is 1.93 bits per heavy atom. The van der Waals surface area contributed by atoms with Gasteiger partial charge in [-0.25, -0.2) is 13.1 Å². The van der Waals surface area contributed by atoms with Crippen LogP contribution in [0.4, 0.5) is 13.2 Å². The van der Waals surface area contributed by atoms with Crippen LogP contribution in [-0.4, -0.2) is 46.0 Å². The molecular weight excluding hydrogens is 421 g/mol. The molecule has 1 aliphatic rings. The van der Waals surface area contributed by atoms with Crippen LogP contribution in [-0.2, 0) is 27.5 Å². The highest BCUT2D eigenvalue weighted by Crippen LogP contribution is 2.36. The van der Waals surface area contributed by atoms with E-state index in [2.05, 4.69) is 4.72 Å². The monoisotopic (exact) mass is 444 g/mol. The third-order valence-corrected chi connectivity index (χ3v) is 6.83. The molecule has 0 spiro atoms. The van der Waals surface area contributed by atoms with Gasteiger partial charge in [-0.1, -0.05) is 30.3 Å². The Hall–Kier alpha value is -2.14. The molecule has 0 amide bonds. The smallest absolute Gasteiger partial charge is 0.416 e. The second-order valence-corrected chi connectivity index (χ2v) is 8.93. The van der Waals surface area contributed by atoms with Gasteiger partial charge in [0.05, 0.1) is 25.3 Å². The summed E-state index contributed by atoms with van der Waals surface area (Å²) in [6, 6.07) is 11.1. The number of alkyl halides is 3. The Morgan fingerprint density at radius 3 is 2.63 bits per heavy atom. The third-order valence-electron chi connectivity index (χ3n) is 5.03. The molecule has 6 nitrogen and oxygen atoms in total. The van der Waals surface area contributed by atoms with E-state index in [1.54, 1.807) is 6.07 Å². The van der Waals surface area contributed by atoms with Crippen LogP contribution in [0.5, 0.6) is 5.75 Å². The van der Waals surface area contributed by atoms with E-state index in [4.69, 9.17) is 9.57 Å². The molecule has 30 heavy (non-hydrogen) atoms. The number of hydroxylamine groups is 2. The molecule has 3 rings (SSSR count). The molecule has 10 heteroatoms. The average molecular weight is 444 g/mol. The highest BCUT2D eigenvalue weighted by Gasteiger charge is 2.43. The lowest BCUT2D eigenvalue weighted by Crippen LogP contribution is -2.40. The summed E-state index contributed by atoms with van der Waals surface area (Å²) >= 11 is 0. The van der Waals surface area contributed by atoms with Crippen molar-refractivity contribution in [3.05, 3.63) is 65.2 Å². The maximum atomic E-state index is 13.1. The van der Waals surface area contributed by atoms with Crippen LogP contribution in [0.3, 0.4) is 0 Å². The number of ether oxygens (including phenoxy) is 1. The van der Waals surface area contributed by atoms with Crippen molar-refractivity contribution in [1.82, 2.24) is 9.79 Å². The first kappa shape index (κ1) is 22.5. The molecule has 2 atom stereocenters. The normalized spacial score (nSPS) is 20.4. The number of rotatable bonds is 7. The van der Waals surface area contributed by atoms with Crippen molar-refractivity contribution in [3.63, 3.8) is 0 Å². The van der Waals surface area contributed by atoms with Gasteiger partial charge in [-0.05, 0) is 35.7 Å². The van der Waals surface area contributed by atoms with Crippen molar-refractivity contribution < 1.29 is 31.2 Å². The summed E-state index contributed by atoms with van der Waals surface area (Å²) in [7, 11) is -0.822. The van der Waals surface area contributed by atoms with E-state index < -0.39 is 33.1 Å². The Balaban J connectivity index is 1.76. The molecule has 164 valence electrons. The Labute approximate surface area is 173 Å². The lowest BCUT2D eigenvalue weighted by Gasteiger charge is -2.24. The van der Waals surface area contributed by atoms with Crippen LogP contribution in [0.2, 0.25) is 0 Å². The number of nitrogens with one attached hydrogen (secondary N) is 1. The van der Waals surface area contributed by atoms with Gasteiger partial charge >= 0.3 is 6.18 Å². The van der Waals surface area contributed by atoms with Gasteiger partial charge in [-0.3, -0.25) is 4.84 Å². The van der Waals surface area contributed by atoms with Gasteiger partial charge in [-0.15, -0.1) is 0 Å². The fraction of sp³-hybridized carbons (Fsp3) is 0.400. The number of sulfonamides is 1. The number of nitrogens with zero attached hydrogens (tertiary/aromatic N) is 1. The second-order valence-electron chi connectivity index (χ2n) is 6.95. The van der Waals surface area contributed by atoms with E-state index in [1.807, 2.05) is 18.2 Å². The Kier molecular flexibility index (Phi) is 6.71. The van der Waals surface area contributed by atoms with Gasteiger partial charge in [0.25, 0.3) is 0 Å². The fourth-order valence-electron chi connectivity index (χ4n) is 3.52. The highest BCUT2D eigenvalue weighted by molar-refractivity contribution is 7.90. The first-order valence-electron chi connectivity index (χ1n) is 9.27. The predicted octanol–water partition coefficient (Wildman–Crippen LogP) is 3.16. The minimum absolute atomic E-state index is 0.123. The second kappa shape index (κ2) is 8.93. The summed E-state index contributed by atoms with van der Waals surface area (Å²) in [6.45, 7) is -0.0281. The maximum Gasteiger partial charge on any atom is 0.416 e. The standard InChI is InChI=1S/C20H23F3N2O4S/c1-25-19(15-7-5-8-16(12-15)20(21,22)23)18(13-29-25)30(26,27)24-11-10-14-6-3-4-9-17(14)28-2/h3-9,12,18-19,24H,10-11,13H2,1-2H3/t18-,19+/m1/s1. The SMILES string of the molecule is COc1ccccc1CCNS(=O)(=O)[C@@H]1CON(C)[C@H]1c1cccc(C(F)(F)F)c1. The van der Waals surface area contributed by atoms with Crippen molar-refractivity contribution >= 4 is 10.0 Å². The van der Waals surface area contributed by atoms with Crippen molar-refractivity contribution in [3.8, 4) is 5.75 Å². The van der Waals surface area contributed by atoms with Gasteiger partial charge < -0.3 is 4.74 Å². The largest absolute Gasteiger partial charge is 0.496 e. The average Bonchev–Trinajstić information content (AvgIpc) is 3.10. The first-order valence-corrected chi connectivity index (χ1v) is 10.8. The van der Waals surface area contributed by atoms with E-state index in [0.717, 1.165) is 17.7 Å². The van der Waals surface area contributed by atoms with Crippen LogP contribution in [0.1, 0.15) is 22.7 Å². The lowest BCUT2D eigenvalue weighted by molar-refractivity contribution is -0.138. The van der Waals surface area contributed by atoms with E-state index in [0.29, 0.717) is 12.2 Å². The lowest BCUT2D eigenvalue weighted by atomic mass is 10.0. The minimum Gasteiger partial charge on any atom is -0.496 e. The van der Waals surface area contributed by atoms with Crippen molar-refractivity contribution in [2.24, 2.45) is 0 Å². The van der Waals surface area contributed by atoms with Crippen molar-refractivity contribution in [2.75, 3.05) is 27.3 Å². The molecule has 0 radical (unpaired) electrons. The summed E-state index contributed by atoms with van der Waals surface area (Å²) in [5, 5.41) is 0.239. The minimum atomic E-state index is -4.52. The molecule has 1 aliphatic heterocycles. The molecule has 1 heterocycles. The summed E-state index contributed by atoms with van der Waals surface area (Å²) in [5.41, 5.74) is 0.238. The number of para-hydroxylation sites is 1.